The molecule has 1 atom stereocenters. The van der Waals surface area contributed by atoms with E-state index >= 15 is 0 Å². The number of anilines is 2. The van der Waals surface area contributed by atoms with Gasteiger partial charge in [0.1, 0.15) is 5.82 Å². The number of nitrogens with one attached hydrogen (secondary N) is 3. The highest BCUT2D eigenvalue weighted by atomic mass is 19.1. The molecule has 2 aromatic rings. The first-order valence-electron chi connectivity index (χ1n) is 8.25. The molecule has 0 bridgehead atoms. The van der Waals surface area contributed by atoms with Crippen molar-refractivity contribution in [2.24, 2.45) is 0 Å². The van der Waals surface area contributed by atoms with Gasteiger partial charge in [-0.3, -0.25) is 4.79 Å². The van der Waals surface area contributed by atoms with Gasteiger partial charge in [0.2, 0.25) is 5.91 Å². The van der Waals surface area contributed by atoms with Gasteiger partial charge in [0.05, 0.1) is 11.7 Å². The number of halogens is 1. The van der Waals surface area contributed by atoms with Gasteiger partial charge in [-0.15, -0.1) is 0 Å². The topological polar surface area (TPSA) is 70.2 Å². The lowest BCUT2D eigenvalue weighted by molar-refractivity contribution is -0.114. The molecule has 6 heteroatoms. The fraction of sp³-hybridized carbons (Fsp3) is 0.263. The molecule has 1 aliphatic rings. The van der Waals surface area contributed by atoms with Crippen molar-refractivity contribution in [2.75, 3.05) is 10.6 Å². The Hall–Kier alpha value is -2.89. The number of fused-ring (bicyclic) bond motifs is 1. The number of aryl methyl sites for hydroxylation is 1. The van der Waals surface area contributed by atoms with E-state index in [9.17, 15) is 14.0 Å². The molecule has 0 fully saturated rings. The second-order valence-electron chi connectivity index (χ2n) is 6.12. The van der Waals surface area contributed by atoms with Crippen molar-refractivity contribution in [3.8, 4) is 0 Å². The molecular formula is C19H20FN3O2. The van der Waals surface area contributed by atoms with Crippen LogP contribution in [0, 0.1) is 5.82 Å². The SMILES string of the molecule is CC(=O)Nc1cc(NC(=O)N[C@@H]2CCCc3ccccc32)ccc1F. The first-order valence-corrected chi connectivity index (χ1v) is 8.25. The molecule has 0 radical (unpaired) electrons. The number of rotatable bonds is 3. The lowest BCUT2D eigenvalue weighted by Gasteiger charge is -2.26. The molecular weight excluding hydrogens is 321 g/mol. The minimum Gasteiger partial charge on any atom is -0.331 e. The summed E-state index contributed by atoms with van der Waals surface area (Å²) >= 11 is 0. The Balaban J connectivity index is 1.68. The Labute approximate surface area is 145 Å². The van der Waals surface area contributed by atoms with Crippen molar-refractivity contribution in [3.63, 3.8) is 0 Å². The average Bonchev–Trinajstić information content (AvgIpc) is 2.58. The first kappa shape index (κ1) is 17.0. The van der Waals surface area contributed by atoms with Gasteiger partial charge in [-0.25, -0.2) is 9.18 Å². The molecule has 2 aromatic carbocycles. The van der Waals surface area contributed by atoms with E-state index < -0.39 is 5.82 Å². The largest absolute Gasteiger partial charge is 0.331 e. The molecule has 1 aliphatic carbocycles. The monoisotopic (exact) mass is 341 g/mol. The van der Waals surface area contributed by atoms with E-state index in [1.54, 1.807) is 0 Å². The third-order valence-corrected chi connectivity index (χ3v) is 4.21. The van der Waals surface area contributed by atoms with Crippen molar-refractivity contribution in [2.45, 2.75) is 32.2 Å². The Morgan fingerprint density at radius 3 is 2.72 bits per heavy atom. The highest BCUT2D eigenvalue weighted by Gasteiger charge is 2.21. The van der Waals surface area contributed by atoms with Crippen LogP contribution in [0.25, 0.3) is 0 Å². The van der Waals surface area contributed by atoms with E-state index in [1.807, 2.05) is 18.2 Å². The molecule has 0 spiro atoms. The number of hydrogen-bond donors (Lipinski definition) is 3. The summed E-state index contributed by atoms with van der Waals surface area (Å²) in [5, 5.41) is 8.06. The maximum atomic E-state index is 13.7. The highest BCUT2D eigenvalue weighted by molar-refractivity contribution is 5.92. The minimum absolute atomic E-state index is 0.0355. The Morgan fingerprint density at radius 1 is 1.12 bits per heavy atom. The van der Waals surface area contributed by atoms with Gasteiger partial charge in [0, 0.05) is 12.6 Å². The summed E-state index contributed by atoms with van der Waals surface area (Å²) in [4.78, 5) is 23.4. The quantitative estimate of drug-likeness (QED) is 0.790. The Morgan fingerprint density at radius 2 is 1.92 bits per heavy atom. The number of hydrogen-bond acceptors (Lipinski definition) is 2. The van der Waals surface area contributed by atoms with Crippen molar-refractivity contribution in [1.29, 1.82) is 0 Å². The van der Waals surface area contributed by atoms with Crippen LogP contribution in [0.4, 0.5) is 20.6 Å². The van der Waals surface area contributed by atoms with Crippen LogP contribution in [0.3, 0.4) is 0 Å². The molecule has 0 saturated carbocycles. The lowest BCUT2D eigenvalue weighted by Crippen LogP contribution is -2.34. The van der Waals surface area contributed by atoms with Gasteiger partial charge in [-0.2, -0.15) is 0 Å². The molecule has 0 heterocycles. The van der Waals surface area contributed by atoms with Crippen LogP contribution in [0.15, 0.2) is 42.5 Å². The Kier molecular flexibility index (Phi) is 4.97. The lowest BCUT2D eigenvalue weighted by atomic mass is 9.88. The summed E-state index contributed by atoms with van der Waals surface area (Å²) in [5.41, 5.74) is 2.84. The van der Waals surface area contributed by atoms with Crippen LogP contribution in [-0.4, -0.2) is 11.9 Å². The third kappa shape index (κ3) is 4.15. The average molecular weight is 341 g/mol. The standard InChI is InChI=1S/C19H20FN3O2/c1-12(24)21-18-11-14(9-10-16(18)20)22-19(25)23-17-8-4-6-13-5-2-3-7-15(13)17/h2-3,5,7,9-11,17H,4,6,8H2,1H3,(H,21,24)(H2,22,23,25)/t17-/m1/s1. The zero-order chi connectivity index (χ0) is 17.8. The van der Waals surface area contributed by atoms with E-state index in [4.69, 9.17) is 0 Å². The van der Waals surface area contributed by atoms with Crippen LogP contribution < -0.4 is 16.0 Å². The molecule has 0 saturated heterocycles. The van der Waals surface area contributed by atoms with Gasteiger partial charge in [0.25, 0.3) is 0 Å². The van der Waals surface area contributed by atoms with Crippen molar-refractivity contribution in [1.82, 2.24) is 5.32 Å². The fourth-order valence-corrected chi connectivity index (χ4v) is 3.12. The second-order valence-corrected chi connectivity index (χ2v) is 6.12. The molecule has 0 aromatic heterocycles. The predicted molar refractivity (Wildman–Crippen MR) is 95.0 cm³/mol. The van der Waals surface area contributed by atoms with Gasteiger partial charge in [-0.05, 0) is 48.6 Å². The smallest absolute Gasteiger partial charge is 0.319 e. The van der Waals surface area contributed by atoms with Crippen LogP contribution in [0.5, 0.6) is 0 Å². The predicted octanol–water partition coefficient (Wildman–Crippen LogP) is 3.98. The molecule has 0 aliphatic heterocycles. The first-order chi connectivity index (χ1) is 12.0. The Bertz CT molecular complexity index is 807. The summed E-state index contributed by atoms with van der Waals surface area (Å²) < 4.78 is 13.7. The summed E-state index contributed by atoms with van der Waals surface area (Å²) in [6.07, 6.45) is 2.92. The molecule has 25 heavy (non-hydrogen) atoms. The zero-order valence-electron chi connectivity index (χ0n) is 13.9. The molecule has 3 N–H and O–H groups in total. The number of carbonyl (C=O) groups is 2. The third-order valence-electron chi connectivity index (χ3n) is 4.21. The van der Waals surface area contributed by atoms with Crippen molar-refractivity contribution < 1.29 is 14.0 Å². The van der Waals surface area contributed by atoms with Crippen LogP contribution >= 0.6 is 0 Å². The summed E-state index contributed by atoms with van der Waals surface area (Å²) in [6.45, 7) is 1.30. The van der Waals surface area contributed by atoms with Gasteiger partial charge < -0.3 is 16.0 Å². The van der Waals surface area contributed by atoms with E-state index in [-0.39, 0.29) is 23.7 Å². The van der Waals surface area contributed by atoms with E-state index in [1.165, 1.54) is 30.7 Å². The van der Waals surface area contributed by atoms with Crippen molar-refractivity contribution in [3.05, 3.63) is 59.4 Å². The normalized spacial score (nSPS) is 15.8. The van der Waals surface area contributed by atoms with Crippen molar-refractivity contribution >= 4 is 23.3 Å². The molecule has 130 valence electrons. The second kappa shape index (κ2) is 7.34. The van der Waals surface area contributed by atoms with E-state index in [0.717, 1.165) is 24.8 Å². The number of carbonyl (C=O) groups excluding carboxylic acids is 2. The van der Waals surface area contributed by atoms with Gasteiger partial charge >= 0.3 is 6.03 Å². The fourth-order valence-electron chi connectivity index (χ4n) is 3.12. The van der Waals surface area contributed by atoms with E-state index in [2.05, 4.69) is 22.0 Å². The minimum atomic E-state index is -0.553. The van der Waals surface area contributed by atoms with Crippen LogP contribution in [0.1, 0.15) is 36.9 Å². The van der Waals surface area contributed by atoms with Gasteiger partial charge in [0.15, 0.2) is 0 Å². The summed E-state index contributed by atoms with van der Waals surface area (Å²) in [6, 6.07) is 11.7. The summed E-state index contributed by atoms with van der Waals surface area (Å²) in [7, 11) is 0. The zero-order valence-corrected chi connectivity index (χ0v) is 13.9. The van der Waals surface area contributed by atoms with Crippen LogP contribution in [-0.2, 0) is 11.2 Å². The molecule has 3 amide bonds. The van der Waals surface area contributed by atoms with Crippen LogP contribution in [0.2, 0.25) is 0 Å². The highest BCUT2D eigenvalue weighted by Crippen LogP contribution is 2.29. The maximum absolute atomic E-state index is 13.7. The number of urea groups is 1. The maximum Gasteiger partial charge on any atom is 0.319 e. The molecule has 0 unspecified atom stereocenters. The number of benzene rings is 2. The summed E-state index contributed by atoms with van der Waals surface area (Å²) in [5.74, 6) is -0.929. The molecule has 5 nitrogen and oxygen atoms in total. The van der Waals surface area contributed by atoms with E-state index in [0.29, 0.717) is 5.69 Å². The number of amides is 3. The molecule has 3 rings (SSSR count). The van der Waals surface area contributed by atoms with Gasteiger partial charge in [-0.1, -0.05) is 24.3 Å².